The fraction of sp³-hybridized carbons (Fsp3) is 0.385. The van der Waals surface area contributed by atoms with Crippen molar-refractivity contribution in [3.63, 3.8) is 0 Å². The molecule has 0 saturated heterocycles. The Kier molecular flexibility index (Phi) is 5.01. The van der Waals surface area contributed by atoms with Crippen LogP contribution in [0, 0.1) is 6.92 Å². The van der Waals surface area contributed by atoms with Crippen LogP contribution in [-0.2, 0) is 5.75 Å². The molecule has 0 aliphatic heterocycles. The summed E-state index contributed by atoms with van der Waals surface area (Å²) in [7, 11) is 0. The van der Waals surface area contributed by atoms with Crippen LogP contribution < -0.4 is 5.32 Å². The van der Waals surface area contributed by atoms with Crippen molar-refractivity contribution in [2.75, 3.05) is 11.9 Å². The van der Waals surface area contributed by atoms with Crippen molar-refractivity contribution < 1.29 is 0 Å². The predicted molar refractivity (Wildman–Crippen MR) is 79.4 cm³/mol. The van der Waals surface area contributed by atoms with Crippen LogP contribution in [0.2, 0.25) is 0 Å². The lowest BCUT2D eigenvalue weighted by molar-refractivity contribution is 0.958. The molecule has 1 heterocycles. The number of hydrogen-bond donors (Lipinski definition) is 1. The molecule has 0 bridgehead atoms. The number of anilines is 1. The first-order chi connectivity index (χ1) is 8.78. The maximum absolute atomic E-state index is 4.19. The van der Waals surface area contributed by atoms with Crippen LogP contribution in [0.1, 0.15) is 23.9 Å². The SMILES string of the molecule is CCCNc1nnc(CSc2cccc(C)c2)s1. The van der Waals surface area contributed by atoms with Gasteiger partial charge < -0.3 is 5.32 Å². The van der Waals surface area contributed by atoms with Crippen molar-refractivity contribution in [3.8, 4) is 0 Å². The molecular weight excluding hydrogens is 262 g/mol. The van der Waals surface area contributed by atoms with E-state index in [1.54, 1.807) is 23.1 Å². The zero-order valence-corrected chi connectivity index (χ0v) is 12.3. The van der Waals surface area contributed by atoms with Gasteiger partial charge in [-0.2, -0.15) is 0 Å². The first-order valence-corrected chi connectivity index (χ1v) is 7.84. The molecular formula is C13H17N3S2. The monoisotopic (exact) mass is 279 g/mol. The van der Waals surface area contributed by atoms with E-state index in [0.29, 0.717) is 0 Å². The second-order valence-electron chi connectivity index (χ2n) is 4.03. The third-order valence-corrected chi connectivity index (χ3v) is 4.41. The number of nitrogens with zero attached hydrogens (tertiary/aromatic N) is 2. The number of benzene rings is 1. The van der Waals surface area contributed by atoms with E-state index in [2.05, 4.69) is 53.6 Å². The quantitative estimate of drug-likeness (QED) is 0.812. The van der Waals surface area contributed by atoms with E-state index in [4.69, 9.17) is 0 Å². The summed E-state index contributed by atoms with van der Waals surface area (Å²) in [6.45, 7) is 5.21. The summed E-state index contributed by atoms with van der Waals surface area (Å²) in [6.07, 6.45) is 1.10. The number of hydrogen-bond acceptors (Lipinski definition) is 5. The van der Waals surface area contributed by atoms with Gasteiger partial charge in [-0.05, 0) is 25.5 Å². The fourth-order valence-corrected chi connectivity index (χ4v) is 3.23. The molecule has 0 amide bonds. The van der Waals surface area contributed by atoms with Crippen molar-refractivity contribution in [1.82, 2.24) is 10.2 Å². The van der Waals surface area contributed by atoms with Crippen molar-refractivity contribution >= 4 is 28.2 Å². The summed E-state index contributed by atoms with van der Waals surface area (Å²) in [6, 6.07) is 8.53. The Morgan fingerprint density at radius 1 is 1.33 bits per heavy atom. The largest absolute Gasteiger partial charge is 0.360 e. The van der Waals surface area contributed by atoms with E-state index in [1.165, 1.54) is 10.5 Å². The second-order valence-corrected chi connectivity index (χ2v) is 6.14. The van der Waals surface area contributed by atoms with Gasteiger partial charge in [0.15, 0.2) is 0 Å². The third kappa shape index (κ3) is 3.99. The highest BCUT2D eigenvalue weighted by Gasteiger charge is 2.04. The topological polar surface area (TPSA) is 37.8 Å². The first-order valence-electron chi connectivity index (χ1n) is 6.03. The van der Waals surface area contributed by atoms with E-state index >= 15 is 0 Å². The van der Waals surface area contributed by atoms with Crippen LogP contribution in [0.25, 0.3) is 0 Å². The smallest absolute Gasteiger partial charge is 0.205 e. The van der Waals surface area contributed by atoms with Crippen LogP contribution in [0.5, 0.6) is 0 Å². The minimum atomic E-state index is 0.884. The average molecular weight is 279 g/mol. The Balaban J connectivity index is 1.88. The number of aromatic nitrogens is 2. The molecule has 0 unspecified atom stereocenters. The van der Waals surface area contributed by atoms with Gasteiger partial charge in [-0.25, -0.2) is 0 Å². The van der Waals surface area contributed by atoms with Gasteiger partial charge in [0, 0.05) is 11.4 Å². The van der Waals surface area contributed by atoms with Gasteiger partial charge in [-0.1, -0.05) is 36.0 Å². The number of rotatable bonds is 6. The van der Waals surface area contributed by atoms with Crippen LogP contribution in [-0.4, -0.2) is 16.7 Å². The van der Waals surface area contributed by atoms with Gasteiger partial charge in [-0.3, -0.25) is 0 Å². The molecule has 96 valence electrons. The molecule has 2 aromatic rings. The van der Waals surface area contributed by atoms with Gasteiger partial charge in [-0.15, -0.1) is 22.0 Å². The molecule has 0 spiro atoms. The van der Waals surface area contributed by atoms with E-state index in [1.807, 2.05) is 0 Å². The summed E-state index contributed by atoms with van der Waals surface area (Å²) < 4.78 is 0. The van der Waals surface area contributed by atoms with E-state index < -0.39 is 0 Å². The van der Waals surface area contributed by atoms with Crippen LogP contribution in [0.3, 0.4) is 0 Å². The van der Waals surface area contributed by atoms with Crippen LogP contribution in [0.4, 0.5) is 5.13 Å². The van der Waals surface area contributed by atoms with Gasteiger partial charge >= 0.3 is 0 Å². The fourth-order valence-electron chi connectivity index (χ4n) is 1.47. The molecule has 1 aromatic carbocycles. The molecule has 1 aromatic heterocycles. The molecule has 18 heavy (non-hydrogen) atoms. The number of thioether (sulfide) groups is 1. The first kappa shape index (κ1) is 13.4. The Morgan fingerprint density at radius 3 is 3.00 bits per heavy atom. The second kappa shape index (κ2) is 6.75. The predicted octanol–water partition coefficient (Wildman–Crippen LogP) is 3.96. The third-order valence-electron chi connectivity index (χ3n) is 2.34. The van der Waals surface area contributed by atoms with Crippen molar-refractivity contribution in [1.29, 1.82) is 0 Å². The molecule has 0 saturated carbocycles. The normalized spacial score (nSPS) is 10.6. The standard InChI is InChI=1S/C13H17N3S2/c1-3-7-14-13-16-15-12(18-13)9-17-11-6-4-5-10(2)8-11/h4-6,8H,3,7,9H2,1-2H3,(H,14,16). The molecule has 0 aliphatic carbocycles. The van der Waals surface area contributed by atoms with E-state index in [0.717, 1.165) is 28.9 Å². The van der Waals surface area contributed by atoms with Crippen LogP contribution >= 0.6 is 23.1 Å². The molecule has 0 radical (unpaired) electrons. The minimum Gasteiger partial charge on any atom is -0.360 e. The molecule has 0 aliphatic rings. The van der Waals surface area contributed by atoms with Crippen LogP contribution in [0.15, 0.2) is 29.2 Å². The minimum absolute atomic E-state index is 0.884. The van der Waals surface area contributed by atoms with E-state index in [-0.39, 0.29) is 0 Å². The zero-order chi connectivity index (χ0) is 12.8. The molecule has 5 heteroatoms. The highest BCUT2D eigenvalue weighted by Crippen LogP contribution is 2.26. The lowest BCUT2D eigenvalue weighted by atomic mass is 10.2. The molecule has 3 nitrogen and oxygen atoms in total. The molecule has 0 atom stereocenters. The Morgan fingerprint density at radius 2 is 2.22 bits per heavy atom. The average Bonchev–Trinajstić information content (AvgIpc) is 2.82. The number of aryl methyl sites for hydroxylation is 1. The molecule has 2 rings (SSSR count). The lowest BCUT2D eigenvalue weighted by Gasteiger charge is -1.99. The maximum atomic E-state index is 4.19. The highest BCUT2D eigenvalue weighted by atomic mass is 32.2. The summed E-state index contributed by atoms with van der Waals surface area (Å²) in [5, 5.41) is 13.6. The molecule has 0 fully saturated rings. The van der Waals surface area contributed by atoms with Gasteiger partial charge in [0.25, 0.3) is 0 Å². The van der Waals surface area contributed by atoms with Crippen molar-refractivity contribution in [2.24, 2.45) is 0 Å². The van der Waals surface area contributed by atoms with Gasteiger partial charge in [0.2, 0.25) is 5.13 Å². The Bertz CT molecular complexity index is 496. The van der Waals surface area contributed by atoms with Crippen molar-refractivity contribution in [3.05, 3.63) is 34.8 Å². The van der Waals surface area contributed by atoms with Crippen molar-refractivity contribution in [2.45, 2.75) is 30.9 Å². The van der Waals surface area contributed by atoms with Gasteiger partial charge in [0.1, 0.15) is 5.01 Å². The zero-order valence-electron chi connectivity index (χ0n) is 10.6. The summed E-state index contributed by atoms with van der Waals surface area (Å²) in [5.41, 5.74) is 1.29. The Labute approximate surface area is 116 Å². The van der Waals surface area contributed by atoms with E-state index in [9.17, 15) is 0 Å². The van der Waals surface area contributed by atoms with Gasteiger partial charge in [0.05, 0.1) is 5.75 Å². The maximum Gasteiger partial charge on any atom is 0.205 e. The Hall–Kier alpha value is -1.07. The summed E-state index contributed by atoms with van der Waals surface area (Å²) in [5.74, 6) is 0.884. The summed E-state index contributed by atoms with van der Waals surface area (Å²) >= 11 is 3.45. The lowest BCUT2D eigenvalue weighted by Crippen LogP contribution is -1.98. The highest BCUT2D eigenvalue weighted by molar-refractivity contribution is 7.98. The summed E-state index contributed by atoms with van der Waals surface area (Å²) in [4.78, 5) is 1.29. The number of nitrogens with one attached hydrogen (secondary N) is 1. The molecule has 1 N–H and O–H groups in total.